The first kappa shape index (κ1) is 14.0. The Morgan fingerprint density at radius 1 is 1.56 bits per heavy atom. The molecule has 102 valence electrons. The maximum absolute atomic E-state index is 5.97. The van der Waals surface area contributed by atoms with Crippen molar-refractivity contribution in [1.29, 1.82) is 0 Å². The molecule has 2 heterocycles. The third-order valence-electron chi connectivity index (χ3n) is 3.70. The molecule has 18 heavy (non-hydrogen) atoms. The molecule has 1 saturated heterocycles. The molecule has 1 aromatic rings. The Labute approximate surface area is 114 Å². The summed E-state index contributed by atoms with van der Waals surface area (Å²) in [4.78, 5) is 8.42. The summed E-state index contributed by atoms with van der Waals surface area (Å²) in [6.45, 7) is 12.1. The molecule has 1 fully saturated rings. The third kappa shape index (κ3) is 3.31. The van der Waals surface area contributed by atoms with Crippen LogP contribution in [0.25, 0.3) is 0 Å². The predicted octanol–water partition coefficient (Wildman–Crippen LogP) is 2.61. The second kappa shape index (κ2) is 5.27. The van der Waals surface area contributed by atoms with Crippen molar-refractivity contribution < 1.29 is 0 Å². The number of nitrogens with zero attached hydrogens (tertiary/aromatic N) is 2. The summed E-state index contributed by atoms with van der Waals surface area (Å²) in [5.74, 6) is 0.659. The van der Waals surface area contributed by atoms with E-state index in [1.165, 1.54) is 16.3 Å². The van der Waals surface area contributed by atoms with E-state index in [2.05, 4.69) is 37.6 Å². The average Bonchev–Trinajstić information content (AvgIpc) is 2.85. The average molecular weight is 267 g/mol. The van der Waals surface area contributed by atoms with Gasteiger partial charge in [-0.15, -0.1) is 11.3 Å². The van der Waals surface area contributed by atoms with Gasteiger partial charge in [-0.2, -0.15) is 0 Å². The van der Waals surface area contributed by atoms with E-state index in [1.807, 2.05) is 17.5 Å². The van der Waals surface area contributed by atoms with Crippen LogP contribution in [0, 0.1) is 5.92 Å². The smallest absolute Gasteiger partial charge is 0.107 e. The number of hydrogen-bond acceptors (Lipinski definition) is 4. The fraction of sp³-hybridized carbons (Fsp3) is 0.786. The van der Waals surface area contributed by atoms with Gasteiger partial charge in [-0.3, -0.25) is 4.90 Å². The maximum atomic E-state index is 5.97. The third-order valence-corrected chi connectivity index (χ3v) is 5.11. The molecule has 0 aliphatic carbocycles. The molecule has 2 N–H and O–H groups in total. The van der Waals surface area contributed by atoms with Gasteiger partial charge in [0.25, 0.3) is 0 Å². The van der Waals surface area contributed by atoms with Crippen LogP contribution >= 0.6 is 11.3 Å². The van der Waals surface area contributed by atoms with E-state index in [0.717, 1.165) is 19.6 Å². The van der Waals surface area contributed by atoms with Crippen LogP contribution in [0.3, 0.4) is 0 Å². The molecule has 0 saturated carbocycles. The Balaban J connectivity index is 1.93. The van der Waals surface area contributed by atoms with Gasteiger partial charge in [0.15, 0.2) is 0 Å². The van der Waals surface area contributed by atoms with Gasteiger partial charge in [-0.05, 0) is 31.2 Å². The Kier molecular flexibility index (Phi) is 4.09. The Morgan fingerprint density at radius 3 is 2.78 bits per heavy atom. The standard InChI is InChI=1S/C14H25N3S/c1-10(15)11-5-6-17(8-11)9-13-16-7-12(18-13)14(2,3)4/h7,10-11H,5-6,8-9,15H2,1-4H3. The lowest BCUT2D eigenvalue weighted by atomic mass is 9.96. The number of nitrogens with two attached hydrogens (primary N) is 1. The van der Waals surface area contributed by atoms with Crippen molar-refractivity contribution in [2.75, 3.05) is 13.1 Å². The largest absolute Gasteiger partial charge is 0.328 e. The molecule has 4 heteroatoms. The van der Waals surface area contributed by atoms with Crippen molar-refractivity contribution in [1.82, 2.24) is 9.88 Å². The molecule has 0 bridgehead atoms. The van der Waals surface area contributed by atoms with Gasteiger partial charge in [0.2, 0.25) is 0 Å². The second-order valence-electron chi connectivity index (χ2n) is 6.51. The fourth-order valence-corrected chi connectivity index (χ4v) is 3.37. The van der Waals surface area contributed by atoms with E-state index in [4.69, 9.17) is 5.73 Å². The Morgan fingerprint density at radius 2 is 2.28 bits per heavy atom. The highest BCUT2D eigenvalue weighted by Gasteiger charge is 2.26. The van der Waals surface area contributed by atoms with Gasteiger partial charge < -0.3 is 5.73 Å². The molecule has 0 aromatic carbocycles. The van der Waals surface area contributed by atoms with Crippen LogP contribution in [0.15, 0.2) is 6.20 Å². The van der Waals surface area contributed by atoms with Crippen molar-refractivity contribution in [3.8, 4) is 0 Å². The molecule has 0 radical (unpaired) electrons. The minimum absolute atomic E-state index is 0.217. The Bertz CT molecular complexity index is 392. The monoisotopic (exact) mass is 267 g/mol. The van der Waals surface area contributed by atoms with E-state index < -0.39 is 0 Å². The van der Waals surface area contributed by atoms with Gasteiger partial charge in [-0.1, -0.05) is 20.8 Å². The van der Waals surface area contributed by atoms with E-state index >= 15 is 0 Å². The van der Waals surface area contributed by atoms with Gasteiger partial charge >= 0.3 is 0 Å². The van der Waals surface area contributed by atoms with Gasteiger partial charge in [-0.25, -0.2) is 4.98 Å². The Hall–Kier alpha value is -0.450. The van der Waals surface area contributed by atoms with Crippen molar-refractivity contribution in [3.05, 3.63) is 16.1 Å². The maximum Gasteiger partial charge on any atom is 0.107 e. The van der Waals surface area contributed by atoms with Gasteiger partial charge in [0, 0.05) is 23.7 Å². The first-order valence-corrected chi connectivity index (χ1v) is 7.61. The molecule has 1 aliphatic heterocycles. The lowest BCUT2D eigenvalue weighted by molar-refractivity contribution is 0.308. The van der Waals surface area contributed by atoms with Crippen molar-refractivity contribution in [2.45, 2.75) is 52.1 Å². The van der Waals surface area contributed by atoms with E-state index in [-0.39, 0.29) is 5.41 Å². The number of thiazole rings is 1. The summed E-state index contributed by atoms with van der Waals surface area (Å²) < 4.78 is 0. The molecule has 0 spiro atoms. The van der Waals surface area contributed by atoms with E-state index in [9.17, 15) is 0 Å². The molecule has 1 aromatic heterocycles. The van der Waals surface area contributed by atoms with Crippen molar-refractivity contribution >= 4 is 11.3 Å². The van der Waals surface area contributed by atoms with Gasteiger partial charge in [0.05, 0.1) is 6.54 Å². The van der Waals surface area contributed by atoms with Crippen LogP contribution in [-0.2, 0) is 12.0 Å². The van der Waals surface area contributed by atoms with Gasteiger partial charge in [0.1, 0.15) is 5.01 Å². The zero-order valence-corrected chi connectivity index (χ0v) is 12.8. The second-order valence-corrected chi connectivity index (χ2v) is 7.63. The minimum atomic E-state index is 0.217. The molecule has 1 aliphatic rings. The van der Waals surface area contributed by atoms with Crippen LogP contribution in [0.4, 0.5) is 0 Å². The van der Waals surface area contributed by atoms with Crippen LogP contribution in [0.5, 0.6) is 0 Å². The van der Waals surface area contributed by atoms with Crippen LogP contribution in [0.1, 0.15) is 44.0 Å². The van der Waals surface area contributed by atoms with Crippen LogP contribution < -0.4 is 5.73 Å². The highest BCUT2D eigenvalue weighted by atomic mass is 32.1. The zero-order chi connectivity index (χ0) is 13.3. The molecule has 0 amide bonds. The molecular formula is C14H25N3S. The lowest BCUT2D eigenvalue weighted by Crippen LogP contribution is -2.29. The number of likely N-dealkylation sites (tertiary alicyclic amines) is 1. The summed E-state index contributed by atoms with van der Waals surface area (Å²) in [6, 6.07) is 0.316. The molecule has 2 unspecified atom stereocenters. The molecule has 2 rings (SSSR count). The summed E-state index contributed by atoms with van der Waals surface area (Å²) >= 11 is 1.85. The SMILES string of the molecule is CC(N)C1CCN(Cc2ncc(C(C)(C)C)s2)C1. The normalized spacial score (nSPS) is 23.5. The number of aromatic nitrogens is 1. The first-order valence-electron chi connectivity index (χ1n) is 6.79. The highest BCUT2D eigenvalue weighted by Crippen LogP contribution is 2.29. The molecular weight excluding hydrogens is 242 g/mol. The highest BCUT2D eigenvalue weighted by molar-refractivity contribution is 7.11. The lowest BCUT2D eigenvalue weighted by Gasteiger charge is -2.17. The number of rotatable bonds is 3. The van der Waals surface area contributed by atoms with Crippen molar-refractivity contribution in [2.24, 2.45) is 11.7 Å². The predicted molar refractivity (Wildman–Crippen MR) is 77.8 cm³/mol. The summed E-state index contributed by atoms with van der Waals surface area (Å²) in [6.07, 6.45) is 3.27. The summed E-state index contributed by atoms with van der Waals surface area (Å²) in [5, 5.41) is 1.24. The van der Waals surface area contributed by atoms with Crippen LogP contribution in [0.2, 0.25) is 0 Å². The van der Waals surface area contributed by atoms with Crippen LogP contribution in [-0.4, -0.2) is 29.0 Å². The van der Waals surface area contributed by atoms with Crippen molar-refractivity contribution in [3.63, 3.8) is 0 Å². The molecule has 2 atom stereocenters. The zero-order valence-electron chi connectivity index (χ0n) is 11.9. The number of hydrogen-bond donors (Lipinski definition) is 1. The quantitative estimate of drug-likeness (QED) is 0.915. The molecule has 3 nitrogen and oxygen atoms in total. The fourth-order valence-electron chi connectivity index (χ4n) is 2.36. The van der Waals surface area contributed by atoms with E-state index in [0.29, 0.717) is 12.0 Å². The minimum Gasteiger partial charge on any atom is -0.328 e. The summed E-state index contributed by atoms with van der Waals surface area (Å²) in [7, 11) is 0. The summed E-state index contributed by atoms with van der Waals surface area (Å²) in [5.41, 5.74) is 6.19. The topological polar surface area (TPSA) is 42.1 Å². The first-order chi connectivity index (χ1) is 8.36. The van der Waals surface area contributed by atoms with E-state index in [1.54, 1.807) is 0 Å².